The Morgan fingerprint density at radius 1 is 1.50 bits per heavy atom. The maximum atomic E-state index is 9.88. The Balaban J connectivity index is 2.24. The number of ether oxygens (including phenoxy) is 2. The summed E-state index contributed by atoms with van der Waals surface area (Å²) in [7, 11) is 0. The molecule has 4 nitrogen and oxygen atoms in total. The van der Waals surface area contributed by atoms with Gasteiger partial charge in [-0.05, 0) is 27.7 Å². The van der Waals surface area contributed by atoms with Crippen LogP contribution in [0.15, 0.2) is 0 Å². The molecule has 0 aromatic rings. The van der Waals surface area contributed by atoms with Crippen molar-refractivity contribution >= 4 is 0 Å². The predicted molar refractivity (Wildman–Crippen MR) is 63.6 cm³/mol. The number of rotatable bonds is 4. The summed E-state index contributed by atoms with van der Waals surface area (Å²) < 4.78 is 10.9. The molecular formula is C12H25NO3. The van der Waals surface area contributed by atoms with Crippen molar-refractivity contribution in [2.75, 3.05) is 32.9 Å². The van der Waals surface area contributed by atoms with Gasteiger partial charge in [0.05, 0.1) is 31.5 Å². The normalized spacial score (nSPS) is 25.7. The monoisotopic (exact) mass is 231 g/mol. The molecule has 2 atom stereocenters. The number of hydrogen-bond donors (Lipinski definition) is 1. The van der Waals surface area contributed by atoms with Crippen LogP contribution in [0.3, 0.4) is 0 Å². The highest BCUT2D eigenvalue weighted by atomic mass is 16.5. The van der Waals surface area contributed by atoms with Gasteiger partial charge in [0, 0.05) is 19.1 Å². The van der Waals surface area contributed by atoms with Crippen molar-refractivity contribution in [3.05, 3.63) is 0 Å². The quantitative estimate of drug-likeness (QED) is 0.780. The Labute approximate surface area is 98.5 Å². The molecular weight excluding hydrogens is 206 g/mol. The van der Waals surface area contributed by atoms with Crippen LogP contribution in [0.4, 0.5) is 0 Å². The number of hydrogen-bond acceptors (Lipinski definition) is 4. The molecule has 0 saturated carbocycles. The van der Waals surface area contributed by atoms with Crippen LogP contribution < -0.4 is 0 Å². The minimum Gasteiger partial charge on any atom is -0.389 e. The fourth-order valence-corrected chi connectivity index (χ4v) is 1.70. The fraction of sp³-hybridized carbons (Fsp3) is 1.00. The molecule has 1 saturated heterocycles. The average Bonchev–Trinajstić information content (AvgIpc) is 2.18. The molecule has 1 aliphatic rings. The molecule has 0 aromatic carbocycles. The Morgan fingerprint density at radius 2 is 2.19 bits per heavy atom. The molecule has 0 radical (unpaired) electrons. The Hall–Kier alpha value is -0.160. The lowest BCUT2D eigenvalue weighted by Gasteiger charge is -2.35. The van der Waals surface area contributed by atoms with E-state index < -0.39 is 6.10 Å². The largest absolute Gasteiger partial charge is 0.389 e. The van der Waals surface area contributed by atoms with Gasteiger partial charge < -0.3 is 14.6 Å². The van der Waals surface area contributed by atoms with Crippen LogP contribution >= 0.6 is 0 Å². The van der Waals surface area contributed by atoms with Crippen molar-refractivity contribution in [1.82, 2.24) is 4.90 Å². The highest BCUT2D eigenvalue weighted by molar-refractivity contribution is 4.74. The summed E-state index contributed by atoms with van der Waals surface area (Å²) in [4.78, 5) is 2.25. The lowest BCUT2D eigenvalue weighted by atomic mass is 10.2. The third kappa shape index (κ3) is 5.25. The number of nitrogens with zero attached hydrogens (tertiary/aromatic N) is 1. The highest BCUT2D eigenvalue weighted by Crippen LogP contribution is 2.10. The van der Waals surface area contributed by atoms with E-state index in [0.29, 0.717) is 19.2 Å². The summed E-state index contributed by atoms with van der Waals surface area (Å²) in [6.07, 6.45) is -0.417. The van der Waals surface area contributed by atoms with Crippen LogP contribution in [-0.4, -0.2) is 60.7 Å². The summed E-state index contributed by atoms with van der Waals surface area (Å²) in [5.41, 5.74) is -0.183. The molecule has 1 fully saturated rings. The summed E-state index contributed by atoms with van der Waals surface area (Å²) in [6.45, 7) is 11.6. The first-order valence-corrected chi connectivity index (χ1v) is 6.02. The van der Waals surface area contributed by atoms with Crippen LogP contribution in [-0.2, 0) is 9.47 Å². The van der Waals surface area contributed by atoms with E-state index in [1.165, 1.54) is 0 Å². The molecule has 96 valence electrons. The number of aliphatic hydroxyl groups excluding tert-OH is 1. The molecule has 4 heteroatoms. The zero-order chi connectivity index (χ0) is 12.2. The van der Waals surface area contributed by atoms with Crippen molar-refractivity contribution in [2.45, 2.75) is 45.4 Å². The molecule has 2 unspecified atom stereocenters. The topological polar surface area (TPSA) is 41.9 Å². The third-order valence-corrected chi connectivity index (χ3v) is 2.66. The Kier molecular flexibility index (Phi) is 5.18. The summed E-state index contributed by atoms with van der Waals surface area (Å²) in [5, 5.41) is 9.88. The van der Waals surface area contributed by atoms with Crippen molar-refractivity contribution in [1.29, 1.82) is 0 Å². The lowest BCUT2D eigenvalue weighted by Crippen LogP contribution is -2.48. The second-order valence-corrected chi connectivity index (χ2v) is 5.50. The Bertz CT molecular complexity index is 203. The second-order valence-electron chi connectivity index (χ2n) is 5.50. The molecule has 1 rings (SSSR count). The van der Waals surface area contributed by atoms with Gasteiger partial charge in [0.15, 0.2) is 0 Å². The lowest BCUT2D eigenvalue weighted by molar-refractivity contribution is -0.0717. The predicted octanol–water partition coefficient (Wildman–Crippen LogP) is 0.883. The van der Waals surface area contributed by atoms with E-state index >= 15 is 0 Å². The summed E-state index contributed by atoms with van der Waals surface area (Å²) in [5.74, 6) is 0. The van der Waals surface area contributed by atoms with E-state index in [2.05, 4.69) is 11.8 Å². The summed E-state index contributed by atoms with van der Waals surface area (Å²) in [6, 6.07) is 0.387. The summed E-state index contributed by atoms with van der Waals surface area (Å²) >= 11 is 0. The van der Waals surface area contributed by atoms with E-state index in [-0.39, 0.29) is 5.60 Å². The van der Waals surface area contributed by atoms with Crippen LogP contribution in [0, 0.1) is 0 Å². The van der Waals surface area contributed by atoms with E-state index in [0.717, 1.165) is 19.8 Å². The van der Waals surface area contributed by atoms with E-state index in [4.69, 9.17) is 9.47 Å². The maximum Gasteiger partial charge on any atom is 0.0900 e. The molecule has 0 amide bonds. The SMILES string of the molecule is CC1COCCN1CC(O)COC(C)(C)C. The van der Waals surface area contributed by atoms with Crippen LogP contribution in [0.5, 0.6) is 0 Å². The first kappa shape index (κ1) is 13.9. The Morgan fingerprint density at radius 3 is 2.75 bits per heavy atom. The molecule has 1 N–H and O–H groups in total. The van der Waals surface area contributed by atoms with Gasteiger partial charge in [0.1, 0.15) is 0 Å². The zero-order valence-corrected chi connectivity index (χ0v) is 10.9. The smallest absolute Gasteiger partial charge is 0.0900 e. The zero-order valence-electron chi connectivity index (χ0n) is 10.9. The average molecular weight is 231 g/mol. The molecule has 0 aromatic heterocycles. The molecule has 0 bridgehead atoms. The minimum atomic E-state index is -0.417. The van der Waals surface area contributed by atoms with E-state index in [1.54, 1.807) is 0 Å². The number of aliphatic hydroxyl groups is 1. The van der Waals surface area contributed by atoms with Crippen molar-refractivity contribution in [2.24, 2.45) is 0 Å². The molecule has 1 aliphatic heterocycles. The first-order chi connectivity index (χ1) is 7.38. The van der Waals surface area contributed by atoms with Gasteiger partial charge in [0.2, 0.25) is 0 Å². The van der Waals surface area contributed by atoms with E-state index in [1.807, 2.05) is 20.8 Å². The minimum absolute atomic E-state index is 0.183. The van der Waals surface area contributed by atoms with Gasteiger partial charge in [-0.3, -0.25) is 4.90 Å². The van der Waals surface area contributed by atoms with Crippen molar-refractivity contribution in [3.63, 3.8) is 0 Å². The van der Waals surface area contributed by atoms with Crippen LogP contribution in [0.2, 0.25) is 0 Å². The fourth-order valence-electron chi connectivity index (χ4n) is 1.70. The number of morpholine rings is 1. The van der Waals surface area contributed by atoms with Gasteiger partial charge in [0.25, 0.3) is 0 Å². The van der Waals surface area contributed by atoms with Gasteiger partial charge >= 0.3 is 0 Å². The standard InChI is InChI=1S/C12H25NO3/c1-10-8-15-6-5-13(10)7-11(14)9-16-12(2,3)4/h10-11,14H,5-9H2,1-4H3. The van der Waals surface area contributed by atoms with Gasteiger partial charge in [-0.15, -0.1) is 0 Å². The van der Waals surface area contributed by atoms with Crippen LogP contribution in [0.1, 0.15) is 27.7 Å². The molecule has 0 aliphatic carbocycles. The van der Waals surface area contributed by atoms with Crippen molar-refractivity contribution in [3.8, 4) is 0 Å². The maximum absolute atomic E-state index is 9.88. The van der Waals surface area contributed by atoms with E-state index in [9.17, 15) is 5.11 Å². The number of β-amino-alcohol motifs (C(OH)–C–C–N with tert-alkyl or cyclic N) is 1. The molecule has 0 spiro atoms. The van der Waals surface area contributed by atoms with Crippen LogP contribution in [0.25, 0.3) is 0 Å². The van der Waals surface area contributed by atoms with Gasteiger partial charge in [-0.1, -0.05) is 0 Å². The third-order valence-electron chi connectivity index (χ3n) is 2.66. The van der Waals surface area contributed by atoms with Gasteiger partial charge in [-0.25, -0.2) is 0 Å². The molecule has 16 heavy (non-hydrogen) atoms. The first-order valence-electron chi connectivity index (χ1n) is 6.02. The van der Waals surface area contributed by atoms with Gasteiger partial charge in [-0.2, -0.15) is 0 Å². The van der Waals surface area contributed by atoms with Crippen molar-refractivity contribution < 1.29 is 14.6 Å². The highest BCUT2D eigenvalue weighted by Gasteiger charge is 2.22. The second kappa shape index (κ2) is 5.96. The molecule has 1 heterocycles.